The van der Waals surface area contributed by atoms with Crippen LogP contribution >= 0.6 is 11.3 Å². The Balaban J connectivity index is 2.15. The molecule has 0 unspecified atom stereocenters. The molecule has 108 valence electrons. The molecule has 7 heteroatoms. The van der Waals surface area contributed by atoms with Crippen molar-refractivity contribution in [3.63, 3.8) is 0 Å². The second kappa shape index (κ2) is 5.80. The van der Waals surface area contributed by atoms with Crippen molar-refractivity contribution in [3.05, 3.63) is 34.7 Å². The average Bonchev–Trinajstić information content (AvgIpc) is 2.72. The zero-order chi connectivity index (χ0) is 14.8. The first-order chi connectivity index (χ1) is 9.38. The number of rotatable bonds is 5. The maximum Gasteiger partial charge on any atom is 0.391 e. The highest BCUT2D eigenvalue weighted by molar-refractivity contribution is 7.21. The molecule has 1 aromatic carbocycles. The summed E-state index contributed by atoms with van der Waals surface area (Å²) in [6, 6.07) is 7.03. The summed E-state index contributed by atoms with van der Waals surface area (Å²) >= 11 is 1.09. The summed E-state index contributed by atoms with van der Waals surface area (Å²) in [4.78, 5) is 11.3. The summed E-state index contributed by atoms with van der Waals surface area (Å²) in [6.07, 6.45) is -5.32. The normalized spacial score (nSPS) is 11.9. The molecule has 0 radical (unpaired) electrons. The van der Waals surface area contributed by atoms with Crippen molar-refractivity contribution in [3.8, 4) is 0 Å². The number of alkyl halides is 3. The van der Waals surface area contributed by atoms with Crippen molar-refractivity contribution in [2.45, 2.75) is 19.2 Å². The third kappa shape index (κ3) is 3.49. The van der Waals surface area contributed by atoms with E-state index in [2.05, 4.69) is 0 Å². The molecule has 3 nitrogen and oxygen atoms in total. The van der Waals surface area contributed by atoms with Crippen LogP contribution in [0, 0.1) is 0 Å². The number of ether oxygens (including phenoxy) is 1. The maximum absolute atomic E-state index is 12.0. The van der Waals surface area contributed by atoms with Gasteiger partial charge in [-0.25, -0.2) is 4.79 Å². The smallest absolute Gasteiger partial charge is 0.391 e. The first-order valence-electron chi connectivity index (χ1n) is 5.76. The molecule has 20 heavy (non-hydrogen) atoms. The van der Waals surface area contributed by atoms with Gasteiger partial charge in [-0.2, -0.15) is 13.2 Å². The Morgan fingerprint density at radius 2 is 2.00 bits per heavy atom. The minimum Gasteiger partial charge on any atom is -0.477 e. The van der Waals surface area contributed by atoms with E-state index in [1.54, 1.807) is 24.3 Å². The molecule has 0 aliphatic rings. The number of carboxylic acids is 1. The summed E-state index contributed by atoms with van der Waals surface area (Å²) in [7, 11) is 0. The van der Waals surface area contributed by atoms with E-state index in [1.165, 1.54) is 0 Å². The Morgan fingerprint density at radius 3 is 2.65 bits per heavy atom. The molecule has 1 heterocycles. The van der Waals surface area contributed by atoms with Gasteiger partial charge in [0.1, 0.15) is 4.88 Å². The van der Waals surface area contributed by atoms with Crippen LogP contribution < -0.4 is 0 Å². The largest absolute Gasteiger partial charge is 0.477 e. The van der Waals surface area contributed by atoms with Gasteiger partial charge in [-0.1, -0.05) is 18.2 Å². The lowest BCUT2D eigenvalue weighted by atomic mass is 10.1. The lowest BCUT2D eigenvalue weighted by molar-refractivity contribution is -0.146. The van der Waals surface area contributed by atoms with E-state index in [-0.39, 0.29) is 11.5 Å². The van der Waals surface area contributed by atoms with Crippen molar-refractivity contribution >= 4 is 27.4 Å². The van der Waals surface area contributed by atoms with Gasteiger partial charge in [-0.3, -0.25) is 0 Å². The van der Waals surface area contributed by atoms with Crippen molar-refractivity contribution in [1.82, 2.24) is 0 Å². The van der Waals surface area contributed by atoms with Gasteiger partial charge in [0.2, 0.25) is 0 Å². The average molecular weight is 304 g/mol. The maximum atomic E-state index is 12.0. The van der Waals surface area contributed by atoms with Crippen LogP contribution in [0.1, 0.15) is 21.7 Å². The number of halogens is 3. The van der Waals surface area contributed by atoms with Crippen molar-refractivity contribution < 1.29 is 27.8 Å². The fourth-order valence-corrected chi connectivity index (χ4v) is 2.82. The molecule has 2 rings (SSSR count). The fourth-order valence-electron chi connectivity index (χ4n) is 1.78. The summed E-state index contributed by atoms with van der Waals surface area (Å²) in [5.74, 6) is -1.10. The molecule has 2 aromatic rings. The molecule has 0 bridgehead atoms. The van der Waals surface area contributed by atoms with Gasteiger partial charge in [-0.15, -0.1) is 11.3 Å². The predicted molar refractivity (Wildman–Crippen MR) is 69.1 cm³/mol. The van der Waals surface area contributed by atoms with E-state index in [4.69, 9.17) is 9.84 Å². The van der Waals surface area contributed by atoms with Crippen LogP contribution in [-0.4, -0.2) is 23.9 Å². The number of carbonyl (C=O) groups is 1. The molecule has 0 fully saturated rings. The molecule has 0 saturated heterocycles. The minimum atomic E-state index is -4.27. The Labute approximate surface area is 116 Å². The van der Waals surface area contributed by atoms with Crippen molar-refractivity contribution in [1.29, 1.82) is 0 Å². The third-order valence-corrected chi connectivity index (χ3v) is 3.87. The van der Waals surface area contributed by atoms with Gasteiger partial charge in [0, 0.05) is 10.3 Å². The zero-order valence-electron chi connectivity index (χ0n) is 10.2. The van der Waals surface area contributed by atoms with E-state index in [0.717, 1.165) is 16.0 Å². The Bertz CT molecular complexity index is 619. The van der Waals surface area contributed by atoms with Gasteiger partial charge in [0.25, 0.3) is 0 Å². The van der Waals surface area contributed by atoms with E-state index in [0.29, 0.717) is 10.9 Å². The summed E-state index contributed by atoms with van der Waals surface area (Å²) in [5, 5.41) is 9.84. The number of hydrogen-bond donors (Lipinski definition) is 1. The molecular weight excluding hydrogens is 293 g/mol. The second-order valence-corrected chi connectivity index (χ2v) is 5.18. The van der Waals surface area contributed by atoms with Crippen LogP contribution in [0.2, 0.25) is 0 Å². The van der Waals surface area contributed by atoms with Gasteiger partial charge >= 0.3 is 12.1 Å². The third-order valence-electron chi connectivity index (χ3n) is 2.67. The quantitative estimate of drug-likeness (QED) is 0.847. The van der Waals surface area contributed by atoms with E-state index >= 15 is 0 Å². The number of aromatic carboxylic acids is 1. The van der Waals surface area contributed by atoms with Gasteiger partial charge in [0.05, 0.1) is 19.6 Å². The summed E-state index contributed by atoms with van der Waals surface area (Å²) in [5.41, 5.74) is 0.431. The highest BCUT2D eigenvalue weighted by Crippen LogP contribution is 2.32. The fraction of sp³-hybridized carbons (Fsp3) is 0.308. The van der Waals surface area contributed by atoms with E-state index in [1.807, 2.05) is 0 Å². The molecule has 1 N–H and O–H groups in total. The van der Waals surface area contributed by atoms with Crippen LogP contribution in [0.15, 0.2) is 24.3 Å². The monoisotopic (exact) mass is 304 g/mol. The van der Waals surface area contributed by atoms with Crippen LogP contribution in [0.25, 0.3) is 10.1 Å². The molecular formula is C13H11F3O3S. The zero-order valence-corrected chi connectivity index (χ0v) is 11.1. The summed E-state index contributed by atoms with van der Waals surface area (Å²) < 4.78 is 41.8. The van der Waals surface area contributed by atoms with Gasteiger partial charge in [0.15, 0.2) is 0 Å². The minimum absolute atomic E-state index is 0.109. The topological polar surface area (TPSA) is 46.5 Å². The Morgan fingerprint density at radius 1 is 1.30 bits per heavy atom. The molecule has 0 aliphatic carbocycles. The molecule has 0 spiro atoms. The van der Waals surface area contributed by atoms with Crippen LogP contribution in [-0.2, 0) is 11.3 Å². The number of fused-ring (bicyclic) bond motifs is 1. The molecule has 0 saturated carbocycles. The van der Waals surface area contributed by atoms with Crippen molar-refractivity contribution in [2.75, 3.05) is 6.61 Å². The standard InChI is InChI=1S/C13H11F3O3S/c14-13(15,16)5-6-19-7-9-8-3-1-2-4-10(8)20-11(9)12(17)18/h1-4H,5-7H2,(H,17,18). The lowest BCUT2D eigenvalue weighted by Gasteiger charge is -2.07. The highest BCUT2D eigenvalue weighted by Gasteiger charge is 2.26. The SMILES string of the molecule is O=C(O)c1sc2ccccc2c1COCCC(F)(F)F. The summed E-state index contributed by atoms with van der Waals surface area (Å²) in [6.45, 7) is -0.617. The van der Waals surface area contributed by atoms with Crippen LogP contribution in [0.3, 0.4) is 0 Å². The number of carboxylic acid groups (broad SMARTS) is 1. The highest BCUT2D eigenvalue weighted by atomic mass is 32.1. The molecule has 0 amide bonds. The molecule has 0 aliphatic heterocycles. The number of hydrogen-bond acceptors (Lipinski definition) is 3. The Hall–Kier alpha value is -1.60. The van der Waals surface area contributed by atoms with E-state index in [9.17, 15) is 18.0 Å². The first-order valence-corrected chi connectivity index (χ1v) is 6.58. The van der Waals surface area contributed by atoms with Gasteiger partial charge < -0.3 is 9.84 Å². The van der Waals surface area contributed by atoms with Crippen molar-refractivity contribution in [2.24, 2.45) is 0 Å². The van der Waals surface area contributed by atoms with Crippen LogP contribution in [0.4, 0.5) is 13.2 Å². The van der Waals surface area contributed by atoms with Gasteiger partial charge in [-0.05, 0) is 11.5 Å². The molecule has 1 aromatic heterocycles. The lowest BCUT2D eigenvalue weighted by Crippen LogP contribution is -2.11. The number of benzene rings is 1. The van der Waals surface area contributed by atoms with Crippen LogP contribution in [0.5, 0.6) is 0 Å². The second-order valence-electron chi connectivity index (χ2n) is 4.13. The predicted octanol–water partition coefficient (Wildman–Crippen LogP) is 4.07. The number of thiophene rings is 1. The van der Waals surface area contributed by atoms with E-state index < -0.39 is 25.2 Å². The first kappa shape index (κ1) is 14.8. The Kier molecular flexibility index (Phi) is 4.29. The molecule has 0 atom stereocenters.